The number of benzene rings is 4. The predicted octanol–water partition coefficient (Wildman–Crippen LogP) is 2.95. The van der Waals surface area contributed by atoms with Crippen molar-refractivity contribution in [2.24, 2.45) is 5.92 Å². The first-order valence-electron chi connectivity index (χ1n) is 15.2. The Morgan fingerprint density at radius 2 is 1.02 bits per heavy atom. The molecule has 0 spiro atoms. The highest BCUT2D eigenvalue weighted by Gasteiger charge is 2.45. The first kappa shape index (κ1) is 36.2. The lowest BCUT2D eigenvalue weighted by Gasteiger charge is -2.33. The number of ether oxygens (including phenoxy) is 2. The number of carboxylic acid groups (broad SMARTS) is 2. The number of carbonyl (C=O) groups excluding carboxylic acids is 2. The van der Waals surface area contributed by atoms with Crippen LogP contribution in [0.3, 0.4) is 0 Å². The molecular weight excluding hydrogens is 688 g/mol. The van der Waals surface area contributed by atoms with Crippen LogP contribution < -0.4 is 0 Å². The Morgan fingerprint density at radius 3 is 1.52 bits per heavy atom. The number of rotatable bonds is 11. The van der Waals surface area contributed by atoms with Crippen LogP contribution in [0.1, 0.15) is 33.7 Å². The van der Waals surface area contributed by atoms with Gasteiger partial charge in [0, 0.05) is 18.8 Å². The second-order valence-electron chi connectivity index (χ2n) is 11.8. The molecule has 0 amide bonds. The summed E-state index contributed by atoms with van der Waals surface area (Å²) in [5, 5.41) is 100. The maximum Gasteiger partial charge on any atom is 0.345 e. The van der Waals surface area contributed by atoms with Gasteiger partial charge in [-0.2, -0.15) is 0 Å². The molecule has 2 unspecified atom stereocenters. The van der Waals surface area contributed by atoms with Crippen molar-refractivity contribution in [3.05, 3.63) is 100 Å². The van der Waals surface area contributed by atoms with Crippen molar-refractivity contribution in [1.82, 2.24) is 0 Å². The van der Waals surface area contributed by atoms with E-state index in [4.69, 9.17) is 9.47 Å². The quantitative estimate of drug-likeness (QED) is 0.0788. The second kappa shape index (κ2) is 14.4. The summed E-state index contributed by atoms with van der Waals surface area (Å²) in [5.41, 5.74) is -0.309. The van der Waals surface area contributed by atoms with Gasteiger partial charge in [-0.3, -0.25) is 4.79 Å². The summed E-state index contributed by atoms with van der Waals surface area (Å²) in [4.78, 5) is 52.7. The van der Waals surface area contributed by atoms with E-state index in [9.17, 15) is 70.2 Å². The fourth-order valence-electron chi connectivity index (χ4n) is 5.76. The molecule has 0 aliphatic heterocycles. The van der Waals surface area contributed by atoms with Crippen LogP contribution in [-0.2, 0) is 41.5 Å². The van der Waals surface area contributed by atoms with Gasteiger partial charge in [0.15, 0.2) is 46.0 Å². The summed E-state index contributed by atoms with van der Waals surface area (Å²) in [6, 6.07) is 12.1. The Kier molecular flexibility index (Phi) is 10.0. The Morgan fingerprint density at radius 1 is 0.558 bits per heavy atom. The molecule has 0 bridgehead atoms. The number of carbonyl (C=O) groups is 4. The largest absolute Gasteiger partial charge is 0.504 e. The van der Waals surface area contributed by atoms with E-state index in [2.05, 4.69) is 0 Å². The summed E-state index contributed by atoms with van der Waals surface area (Å²) in [7, 11) is 0. The first-order valence-corrected chi connectivity index (χ1v) is 15.2. The highest BCUT2D eigenvalue weighted by atomic mass is 16.6. The molecule has 0 fully saturated rings. The van der Waals surface area contributed by atoms with Crippen molar-refractivity contribution in [2.75, 3.05) is 0 Å². The van der Waals surface area contributed by atoms with Gasteiger partial charge in [0.25, 0.3) is 0 Å². The van der Waals surface area contributed by atoms with Gasteiger partial charge in [-0.25, -0.2) is 14.4 Å². The SMILES string of the molecule is O=C(OC(Cc1ccc(O)c(O)c1)C(=O)O)C1=Cc2cc(O)c(O)cc2[C@H](c2ccc(O)c(O)c2)[C@@H]1C(=O)OC(Cc1ccc(O)c(O)c1)C(=O)O. The van der Waals surface area contributed by atoms with Gasteiger partial charge in [0.1, 0.15) is 0 Å². The van der Waals surface area contributed by atoms with Gasteiger partial charge in [-0.1, -0.05) is 18.2 Å². The zero-order valence-corrected chi connectivity index (χ0v) is 26.6. The monoisotopic (exact) mass is 718 g/mol. The molecule has 0 heterocycles. The molecule has 270 valence electrons. The molecular formula is C36H30O16. The van der Waals surface area contributed by atoms with Crippen LogP contribution in [0.15, 0.2) is 72.3 Å². The molecule has 4 aromatic carbocycles. The molecule has 0 aromatic heterocycles. The lowest BCUT2D eigenvalue weighted by molar-refractivity contribution is -0.168. The zero-order chi connectivity index (χ0) is 38.0. The van der Waals surface area contributed by atoms with Crippen molar-refractivity contribution in [2.45, 2.75) is 31.0 Å². The number of aliphatic carboxylic acids is 2. The average Bonchev–Trinajstić information content (AvgIpc) is 3.08. The summed E-state index contributed by atoms with van der Waals surface area (Å²) >= 11 is 0. The molecule has 5 rings (SSSR count). The summed E-state index contributed by atoms with van der Waals surface area (Å²) in [6.07, 6.45) is -3.95. The number of hydrogen-bond donors (Lipinski definition) is 10. The van der Waals surface area contributed by atoms with Crippen LogP contribution in [-0.4, -0.2) is 87.2 Å². The third-order valence-electron chi connectivity index (χ3n) is 8.32. The second-order valence-corrected chi connectivity index (χ2v) is 11.8. The van der Waals surface area contributed by atoms with Crippen LogP contribution in [0.4, 0.5) is 0 Å². The van der Waals surface area contributed by atoms with Gasteiger partial charge >= 0.3 is 23.9 Å². The van der Waals surface area contributed by atoms with Crippen LogP contribution in [0.2, 0.25) is 0 Å². The van der Waals surface area contributed by atoms with E-state index in [1.54, 1.807) is 0 Å². The number of fused-ring (bicyclic) bond motifs is 1. The topological polar surface area (TPSA) is 289 Å². The molecule has 0 radical (unpaired) electrons. The van der Waals surface area contributed by atoms with E-state index in [1.165, 1.54) is 18.2 Å². The standard InChI is InChI=1S/C36H30O16/c37-21-4-1-15(7-24(21)40)9-29(33(45)46)51-35(49)20-11-18-13-27(43)28(44)14-19(18)31(17-3-6-23(39)26(42)12-17)32(20)36(50)52-30(34(47)48)10-16-2-5-22(38)25(41)8-16/h1-8,11-14,29-32,37-44H,9-10H2,(H,45,46)(H,47,48)/t29?,30?,31-,32+/m0/s1. The number of carboxylic acids is 2. The van der Waals surface area contributed by atoms with Gasteiger partial charge in [0.2, 0.25) is 12.2 Å². The smallest absolute Gasteiger partial charge is 0.345 e. The maximum atomic E-state index is 14.2. The molecule has 1 aliphatic rings. The number of aromatic hydroxyl groups is 8. The van der Waals surface area contributed by atoms with Crippen molar-refractivity contribution in [3.8, 4) is 46.0 Å². The minimum atomic E-state index is -1.97. The highest BCUT2D eigenvalue weighted by Crippen LogP contribution is 2.48. The third kappa shape index (κ3) is 7.55. The number of phenols is 8. The Labute approximate surface area is 292 Å². The van der Waals surface area contributed by atoms with Gasteiger partial charge in [-0.05, 0) is 82.4 Å². The highest BCUT2D eigenvalue weighted by molar-refractivity contribution is 6.03. The van der Waals surface area contributed by atoms with E-state index in [0.29, 0.717) is 0 Å². The van der Waals surface area contributed by atoms with Gasteiger partial charge < -0.3 is 60.5 Å². The van der Waals surface area contributed by atoms with Gasteiger partial charge in [-0.15, -0.1) is 0 Å². The Hall–Kier alpha value is -7.10. The fraction of sp³-hybridized carbons (Fsp3) is 0.167. The number of hydrogen-bond acceptors (Lipinski definition) is 14. The first-order chi connectivity index (χ1) is 24.5. The summed E-state index contributed by atoms with van der Waals surface area (Å²) in [5.74, 6) is -14.2. The molecule has 16 nitrogen and oxygen atoms in total. The van der Waals surface area contributed by atoms with Crippen LogP contribution in [0, 0.1) is 5.92 Å². The fourth-order valence-corrected chi connectivity index (χ4v) is 5.76. The van der Waals surface area contributed by atoms with Crippen LogP contribution >= 0.6 is 0 Å². The predicted molar refractivity (Wildman–Crippen MR) is 175 cm³/mol. The number of phenolic OH excluding ortho intramolecular Hbond substituents is 8. The molecule has 10 N–H and O–H groups in total. The summed E-state index contributed by atoms with van der Waals surface area (Å²) < 4.78 is 10.8. The van der Waals surface area contributed by atoms with Crippen molar-refractivity contribution < 1.29 is 79.7 Å². The maximum absolute atomic E-state index is 14.2. The van der Waals surface area contributed by atoms with E-state index < -0.39 is 112 Å². The van der Waals surface area contributed by atoms with Crippen LogP contribution in [0.25, 0.3) is 6.08 Å². The third-order valence-corrected chi connectivity index (χ3v) is 8.32. The van der Waals surface area contributed by atoms with E-state index in [1.807, 2.05) is 0 Å². The normalized spacial score (nSPS) is 16.1. The average molecular weight is 719 g/mol. The molecule has 52 heavy (non-hydrogen) atoms. The van der Waals surface area contributed by atoms with Gasteiger partial charge in [0.05, 0.1) is 11.5 Å². The Balaban J connectivity index is 1.61. The molecule has 1 aliphatic carbocycles. The molecule has 0 saturated heterocycles. The number of esters is 2. The van der Waals surface area contributed by atoms with E-state index >= 15 is 0 Å². The Bertz CT molecular complexity index is 2120. The lowest BCUT2D eigenvalue weighted by atomic mass is 9.71. The minimum Gasteiger partial charge on any atom is -0.504 e. The lowest BCUT2D eigenvalue weighted by Crippen LogP contribution is -2.39. The molecule has 4 aromatic rings. The molecule has 0 saturated carbocycles. The minimum absolute atomic E-state index is 0.00618. The summed E-state index contributed by atoms with van der Waals surface area (Å²) in [6.45, 7) is 0. The van der Waals surface area contributed by atoms with Crippen molar-refractivity contribution in [3.63, 3.8) is 0 Å². The molecule has 16 heteroatoms. The van der Waals surface area contributed by atoms with E-state index in [-0.39, 0.29) is 27.8 Å². The van der Waals surface area contributed by atoms with E-state index in [0.717, 1.165) is 54.6 Å². The molecule has 4 atom stereocenters. The van der Waals surface area contributed by atoms with Crippen LogP contribution in [0.5, 0.6) is 46.0 Å². The van der Waals surface area contributed by atoms with Crippen molar-refractivity contribution >= 4 is 30.0 Å². The van der Waals surface area contributed by atoms with Crippen molar-refractivity contribution in [1.29, 1.82) is 0 Å². The zero-order valence-electron chi connectivity index (χ0n) is 26.6.